The third-order valence-corrected chi connectivity index (χ3v) is 3.71. The summed E-state index contributed by atoms with van der Waals surface area (Å²) in [6.45, 7) is 5.09. The summed E-state index contributed by atoms with van der Waals surface area (Å²) < 4.78 is 0. The van der Waals surface area contributed by atoms with E-state index < -0.39 is 0 Å². The van der Waals surface area contributed by atoms with Crippen molar-refractivity contribution < 1.29 is 0 Å². The van der Waals surface area contributed by atoms with Crippen molar-refractivity contribution in [3.8, 4) is 0 Å². The van der Waals surface area contributed by atoms with Crippen molar-refractivity contribution in [2.45, 2.75) is 52.0 Å². The number of nitrogens with two attached hydrogens (primary N) is 1. The van der Waals surface area contributed by atoms with Gasteiger partial charge >= 0.3 is 0 Å². The number of nitrogens with one attached hydrogen (secondary N) is 1. The molecule has 0 unspecified atom stereocenters. The van der Waals surface area contributed by atoms with E-state index in [0.717, 1.165) is 18.4 Å². The van der Waals surface area contributed by atoms with Gasteiger partial charge in [0.15, 0.2) is 0 Å². The number of rotatable bonds is 3. The standard InChI is InChI=1S/C12H26N4/c1-4-10-6-8-11(9-7-10)16(3)12(15-13)14-5-2/h10-11H,4-9,13H2,1-3H3,(H,14,15). The zero-order valence-electron chi connectivity index (χ0n) is 10.9. The molecule has 0 bridgehead atoms. The Hall–Kier alpha value is -0.770. The van der Waals surface area contributed by atoms with Gasteiger partial charge in [-0.1, -0.05) is 13.3 Å². The zero-order valence-corrected chi connectivity index (χ0v) is 10.9. The third kappa shape index (κ3) is 3.37. The average Bonchev–Trinajstić information content (AvgIpc) is 2.35. The van der Waals surface area contributed by atoms with Crippen molar-refractivity contribution in [3.63, 3.8) is 0 Å². The maximum atomic E-state index is 5.50. The van der Waals surface area contributed by atoms with Gasteiger partial charge in [0.05, 0.1) is 0 Å². The monoisotopic (exact) mass is 226 g/mol. The van der Waals surface area contributed by atoms with E-state index in [2.05, 4.69) is 29.3 Å². The second-order valence-corrected chi connectivity index (χ2v) is 4.64. The van der Waals surface area contributed by atoms with Crippen molar-refractivity contribution in [1.29, 1.82) is 0 Å². The number of guanidine groups is 1. The maximum Gasteiger partial charge on any atom is 0.208 e. The second kappa shape index (κ2) is 6.74. The van der Waals surface area contributed by atoms with Crippen LogP contribution in [0.3, 0.4) is 0 Å². The normalized spacial score (nSPS) is 26.6. The molecule has 16 heavy (non-hydrogen) atoms. The van der Waals surface area contributed by atoms with Gasteiger partial charge < -0.3 is 4.90 Å². The molecule has 94 valence electrons. The predicted molar refractivity (Wildman–Crippen MR) is 69.1 cm³/mol. The van der Waals surface area contributed by atoms with Crippen LogP contribution in [0.2, 0.25) is 0 Å². The molecule has 4 nitrogen and oxygen atoms in total. The Labute approximate surface area is 99.3 Å². The van der Waals surface area contributed by atoms with Crippen LogP contribution in [0.5, 0.6) is 0 Å². The molecule has 0 aromatic rings. The van der Waals surface area contributed by atoms with Gasteiger partial charge in [0.1, 0.15) is 0 Å². The van der Waals surface area contributed by atoms with Gasteiger partial charge in [0, 0.05) is 19.6 Å². The first-order valence-electron chi connectivity index (χ1n) is 6.46. The highest BCUT2D eigenvalue weighted by atomic mass is 15.4. The summed E-state index contributed by atoms with van der Waals surface area (Å²) in [5, 5.41) is 0. The van der Waals surface area contributed by atoms with Crippen LogP contribution in [0.4, 0.5) is 0 Å². The van der Waals surface area contributed by atoms with Crippen LogP contribution in [0.15, 0.2) is 4.99 Å². The third-order valence-electron chi connectivity index (χ3n) is 3.71. The lowest BCUT2D eigenvalue weighted by atomic mass is 9.84. The minimum atomic E-state index is 0.601. The van der Waals surface area contributed by atoms with Crippen molar-refractivity contribution in [3.05, 3.63) is 0 Å². The fraction of sp³-hybridized carbons (Fsp3) is 0.917. The van der Waals surface area contributed by atoms with Crippen LogP contribution in [-0.4, -0.2) is 30.5 Å². The molecule has 0 spiro atoms. The molecule has 0 aromatic carbocycles. The van der Waals surface area contributed by atoms with E-state index in [-0.39, 0.29) is 0 Å². The van der Waals surface area contributed by atoms with E-state index >= 15 is 0 Å². The van der Waals surface area contributed by atoms with Gasteiger partial charge in [0.25, 0.3) is 0 Å². The Balaban J connectivity index is 2.48. The largest absolute Gasteiger partial charge is 0.342 e. The highest BCUT2D eigenvalue weighted by molar-refractivity contribution is 5.79. The Morgan fingerprint density at radius 1 is 1.31 bits per heavy atom. The van der Waals surface area contributed by atoms with Crippen molar-refractivity contribution in [2.75, 3.05) is 13.6 Å². The van der Waals surface area contributed by atoms with Gasteiger partial charge in [-0.3, -0.25) is 10.4 Å². The Morgan fingerprint density at radius 3 is 2.38 bits per heavy atom. The molecule has 1 fully saturated rings. The van der Waals surface area contributed by atoms with E-state index in [1.54, 1.807) is 0 Å². The Bertz CT molecular complexity index is 219. The summed E-state index contributed by atoms with van der Waals surface area (Å²) in [5.41, 5.74) is 2.70. The number of hydrazine groups is 1. The Morgan fingerprint density at radius 2 is 1.94 bits per heavy atom. The highest BCUT2D eigenvalue weighted by Gasteiger charge is 2.24. The van der Waals surface area contributed by atoms with E-state index in [1.165, 1.54) is 32.1 Å². The highest BCUT2D eigenvalue weighted by Crippen LogP contribution is 2.28. The summed E-state index contributed by atoms with van der Waals surface area (Å²) in [4.78, 5) is 6.57. The summed E-state index contributed by atoms with van der Waals surface area (Å²) in [7, 11) is 2.09. The van der Waals surface area contributed by atoms with E-state index in [9.17, 15) is 0 Å². The van der Waals surface area contributed by atoms with Crippen LogP contribution in [0, 0.1) is 5.92 Å². The van der Waals surface area contributed by atoms with Crippen LogP contribution < -0.4 is 11.3 Å². The Kier molecular flexibility index (Phi) is 5.60. The smallest absolute Gasteiger partial charge is 0.208 e. The average molecular weight is 226 g/mol. The van der Waals surface area contributed by atoms with Gasteiger partial charge in [-0.05, 0) is 38.5 Å². The minimum Gasteiger partial charge on any atom is -0.342 e. The van der Waals surface area contributed by atoms with Gasteiger partial charge in [-0.25, -0.2) is 5.84 Å². The molecule has 1 saturated carbocycles. The molecule has 0 radical (unpaired) electrons. The van der Waals surface area contributed by atoms with Crippen LogP contribution in [-0.2, 0) is 0 Å². The molecule has 1 aliphatic carbocycles. The quantitative estimate of drug-likeness (QED) is 0.333. The van der Waals surface area contributed by atoms with E-state index in [0.29, 0.717) is 6.04 Å². The van der Waals surface area contributed by atoms with E-state index in [4.69, 9.17) is 5.84 Å². The predicted octanol–water partition coefficient (Wildman–Crippen LogP) is 1.73. The lowest BCUT2D eigenvalue weighted by Crippen LogP contribution is -2.48. The van der Waals surface area contributed by atoms with Gasteiger partial charge in [-0.15, -0.1) is 0 Å². The van der Waals surface area contributed by atoms with Crippen molar-refractivity contribution >= 4 is 5.96 Å². The summed E-state index contributed by atoms with van der Waals surface area (Å²) in [5.74, 6) is 7.25. The van der Waals surface area contributed by atoms with Crippen LogP contribution in [0.1, 0.15) is 46.0 Å². The molecule has 0 heterocycles. The molecule has 3 N–H and O–H groups in total. The van der Waals surface area contributed by atoms with Crippen molar-refractivity contribution in [2.24, 2.45) is 16.8 Å². The second-order valence-electron chi connectivity index (χ2n) is 4.64. The molecule has 1 rings (SSSR count). The van der Waals surface area contributed by atoms with Crippen LogP contribution in [0.25, 0.3) is 0 Å². The number of nitrogens with zero attached hydrogens (tertiary/aromatic N) is 2. The molecule has 1 aliphatic rings. The van der Waals surface area contributed by atoms with Gasteiger partial charge in [-0.2, -0.15) is 0 Å². The first-order valence-corrected chi connectivity index (χ1v) is 6.46. The first kappa shape index (κ1) is 13.3. The molecule has 0 aromatic heterocycles. The molecule has 0 atom stereocenters. The molecular weight excluding hydrogens is 200 g/mol. The SMILES string of the molecule is CCN=C(NN)N(C)C1CCC(CC)CC1. The molecule has 4 heteroatoms. The fourth-order valence-corrected chi connectivity index (χ4v) is 2.52. The molecule has 0 saturated heterocycles. The van der Waals surface area contributed by atoms with Crippen LogP contribution >= 0.6 is 0 Å². The number of hydrogen-bond acceptors (Lipinski definition) is 2. The fourth-order valence-electron chi connectivity index (χ4n) is 2.52. The topological polar surface area (TPSA) is 53.6 Å². The lowest BCUT2D eigenvalue weighted by Gasteiger charge is -2.35. The lowest BCUT2D eigenvalue weighted by molar-refractivity contribution is 0.222. The molecular formula is C12H26N4. The van der Waals surface area contributed by atoms with Crippen molar-refractivity contribution in [1.82, 2.24) is 10.3 Å². The maximum absolute atomic E-state index is 5.50. The minimum absolute atomic E-state index is 0.601. The first-order chi connectivity index (χ1) is 7.72. The number of aliphatic imine (C=N–C) groups is 1. The molecule has 0 amide bonds. The number of hydrogen-bond donors (Lipinski definition) is 2. The summed E-state index contributed by atoms with van der Waals surface area (Å²) in [6.07, 6.45) is 6.53. The molecule has 0 aliphatic heterocycles. The van der Waals surface area contributed by atoms with Gasteiger partial charge in [0.2, 0.25) is 5.96 Å². The summed E-state index contributed by atoms with van der Waals surface area (Å²) in [6, 6.07) is 0.601. The zero-order chi connectivity index (χ0) is 12.0. The summed E-state index contributed by atoms with van der Waals surface area (Å²) >= 11 is 0. The van der Waals surface area contributed by atoms with E-state index in [1.807, 2.05) is 6.92 Å².